The number of anilines is 1. The highest BCUT2D eigenvalue weighted by atomic mass is 19.4. The van der Waals surface area contributed by atoms with E-state index in [1.807, 2.05) is 12.3 Å². The van der Waals surface area contributed by atoms with E-state index in [-0.39, 0.29) is 24.3 Å². The Morgan fingerprint density at radius 2 is 1.95 bits per heavy atom. The fourth-order valence-corrected chi connectivity index (χ4v) is 5.62. The number of rotatable bonds is 9. The quantitative estimate of drug-likeness (QED) is 0.385. The summed E-state index contributed by atoms with van der Waals surface area (Å²) in [5.74, 6) is 1.17. The number of aromatic nitrogens is 3. The van der Waals surface area contributed by atoms with E-state index in [1.54, 1.807) is 17.9 Å². The van der Waals surface area contributed by atoms with Crippen LogP contribution in [0.5, 0.6) is 5.88 Å². The minimum atomic E-state index is -4.47. The second kappa shape index (κ2) is 11.3. The molecule has 0 atom stereocenters. The van der Waals surface area contributed by atoms with E-state index in [2.05, 4.69) is 38.3 Å². The number of amides is 1. The number of halogens is 3. The molecule has 0 bridgehead atoms. The first-order chi connectivity index (χ1) is 18.7. The number of ether oxygens (including phenoxy) is 1. The van der Waals surface area contributed by atoms with Gasteiger partial charge in [-0.05, 0) is 55.4 Å². The number of allylic oxidation sites excluding steroid dienone is 1. The highest BCUT2D eigenvalue weighted by molar-refractivity contribution is 5.92. The number of nitrogens with zero attached hydrogens (tertiary/aromatic N) is 4. The number of alkyl halides is 3. The van der Waals surface area contributed by atoms with Crippen molar-refractivity contribution >= 4 is 22.6 Å². The van der Waals surface area contributed by atoms with E-state index in [0.717, 1.165) is 50.9 Å². The van der Waals surface area contributed by atoms with E-state index < -0.39 is 11.7 Å². The predicted molar refractivity (Wildman–Crippen MR) is 143 cm³/mol. The molecule has 5 rings (SSSR count). The number of carbonyl (C=O) groups excluding carboxylic acids is 1. The van der Waals surface area contributed by atoms with Crippen molar-refractivity contribution in [3.05, 3.63) is 60.3 Å². The topological polar surface area (TPSA) is 84.3 Å². The summed E-state index contributed by atoms with van der Waals surface area (Å²) in [5.41, 5.74) is 1.04. The predicted octanol–water partition coefficient (Wildman–Crippen LogP) is 4.58. The van der Waals surface area contributed by atoms with E-state index in [4.69, 9.17) is 4.74 Å². The first kappa shape index (κ1) is 27.0. The van der Waals surface area contributed by atoms with Crippen LogP contribution in [0.2, 0.25) is 0 Å². The van der Waals surface area contributed by atoms with Crippen molar-refractivity contribution in [2.75, 3.05) is 32.1 Å². The summed E-state index contributed by atoms with van der Waals surface area (Å²) < 4.78 is 46.5. The molecule has 1 aliphatic heterocycles. The number of methoxy groups -OCH3 is 1. The van der Waals surface area contributed by atoms with E-state index in [0.29, 0.717) is 35.3 Å². The van der Waals surface area contributed by atoms with Gasteiger partial charge in [0.15, 0.2) is 5.82 Å². The molecule has 2 aliphatic rings. The maximum atomic E-state index is 13.3. The third kappa shape index (κ3) is 6.03. The van der Waals surface area contributed by atoms with Crippen molar-refractivity contribution < 1.29 is 22.7 Å². The van der Waals surface area contributed by atoms with Crippen LogP contribution in [-0.2, 0) is 17.5 Å². The minimum absolute atomic E-state index is 0.0645. The van der Waals surface area contributed by atoms with Gasteiger partial charge in [0.2, 0.25) is 11.8 Å². The standard InChI is InChI=1S/C28H33F3N6O2/c1-3-12-37-24-10-7-20(28(29,30)31)13-23(24)27(35-37)33-15-25(38)34-21-16-36(17-21)22-8-4-18(5-9-22)19-6-11-26(39-2)32-14-19/h3,6-7,10-11,13-14,18,21-22H,1,4-5,8-9,12,15-17H2,2H3,(H,33,35)(H,34,38). The first-order valence-corrected chi connectivity index (χ1v) is 13.2. The Hall–Kier alpha value is -3.60. The Balaban J connectivity index is 1.10. The van der Waals surface area contributed by atoms with E-state index >= 15 is 0 Å². The molecule has 1 saturated heterocycles. The summed E-state index contributed by atoms with van der Waals surface area (Å²) in [5, 5.41) is 10.6. The number of hydrogen-bond donors (Lipinski definition) is 2. The summed E-state index contributed by atoms with van der Waals surface area (Å²) in [6.07, 6.45) is 3.50. The Labute approximate surface area is 225 Å². The highest BCUT2D eigenvalue weighted by Gasteiger charge is 2.35. The fourth-order valence-electron chi connectivity index (χ4n) is 5.62. The van der Waals surface area contributed by atoms with Gasteiger partial charge in [0.1, 0.15) is 0 Å². The molecular formula is C28H33F3N6O2. The zero-order valence-corrected chi connectivity index (χ0v) is 21.9. The fraction of sp³-hybridized carbons (Fsp3) is 0.464. The van der Waals surface area contributed by atoms with Crippen molar-refractivity contribution in [1.82, 2.24) is 25.0 Å². The van der Waals surface area contributed by atoms with Crippen LogP contribution in [0.15, 0.2) is 49.2 Å². The maximum Gasteiger partial charge on any atom is 0.416 e. The average molecular weight is 543 g/mol. The summed E-state index contributed by atoms with van der Waals surface area (Å²) in [6, 6.07) is 8.08. The molecule has 1 aromatic carbocycles. The van der Waals surface area contributed by atoms with Crippen molar-refractivity contribution in [1.29, 1.82) is 0 Å². The monoisotopic (exact) mass is 542 g/mol. The summed E-state index contributed by atoms with van der Waals surface area (Å²) in [7, 11) is 1.62. The van der Waals surface area contributed by atoms with Gasteiger partial charge in [0, 0.05) is 36.8 Å². The van der Waals surface area contributed by atoms with Crippen LogP contribution in [0.3, 0.4) is 0 Å². The van der Waals surface area contributed by atoms with Gasteiger partial charge in [-0.2, -0.15) is 18.3 Å². The van der Waals surface area contributed by atoms with Gasteiger partial charge in [-0.15, -0.1) is 6.58 Å². The van der Waals surface area contributed by atoms with Gasteiger partial charge in [-0.1, -0.05) is 12.1 Å². The molecule has 11 heteroatoms. The van der Waals surface area contributed by atoms with Crippen molar-refractivity contribution in [2.24, 2.45) is 0 Å². The second-order valence-corrected chi connectivity index (χ2v) is 10.3. The van der Waals surface area contributed by atoms with Crippen LogP contribution >= 0.6 is 0 Å². The lowest BCUT2D eigenvalue weighted by atomic mass is 9.81. The van der Waals surface area contributed by atoms with Crippen molar-refractivity contribution in [2.45, 2.75) is 56.4 Å². The van der Waals surface area contributed by atoms with Crippen LogP contribution in [0.25, 0.3) is 10.9 Å². The second-order valence-electron chi connectivity index (χ2n) is 10.3. The van der Waals surface area contributed by atoms with Crippen LogP contribution in [-0.4, -0.2) is 64.4 Å². The minimum Gasteiger partial charge on any atom is -0.481 e. The Morgan fingerprint density at radius 3 is 2.59 bits per heavy atom. The molecule has 2 N–H and O–H groups in total. The number of nitrogens with one attached hydrogen (secondary N) is 2. The summed E-state index contributed by atoms with van der Waals surface area (Å²) in [4.78, 5) is 19.4. The molecule has 39 heavy (non-hydrogen) atoms. The molecule has 2 aromatic heterocycles. The zero-order valence-electron chi connectivity index (χ0n) is 21.9. The Bertz CT molecular complexity index is 1310. The van der Waals surface area contributed by atoms with Crippen LogP contribution in [0, 0.1) is 0 Å². The van der Waals surface area contributed by atoms with E-state index in [1.165, 1.54) is 11.6 Å². The number of hydrogen-bond acceptors (Lipinski definition) is 6. The van der Waals surface area contributed by atoms with Gasteiger partial charge >= 0.3 is 6.18 Å². The first-order valence-electron chi connectivity index (χ1n) is 13.2. The lowest BCUT2D eigenvalue weighted by Crippen LogP contribution is -2.63. The molecule has 3 heterocycles. The van der Waals surface area contributed by atoms with Crippen molar-refractivity contribution in [3.63, 3.8) is 0 Å². The highest BCUT2D eigenvalue weighted by Crippen LogP contribution is 2.36. The largest absolute Gasteiger partial charge is 0.481 e. The summed E-state index contributed by atoms with van der Waals surface area (Å²) >= 11 is 0. The summed E-state index contributed by atoms with van der Waals surface area (Å²) in [6.45, 7) is 5.55. The molecule has 0 radical (unpaired) electrons. The molecule has 208 valence electrons. The van der Waals surface area contributed by atoms with Crippen molar-refractivity contribution in [3.8, 4) is 5.88 Å². The third-order valence-electron chi connectivity index (χ3n) is 7.72. The van der Waals surface area contributed by atoms with Gasteiger partial charge in [-0.3, -0.25) is 14.4 Å². The zero-order chi connectivity index (χ0) is 27.6. The van der Waals surface area contributed by atoms with E-state index in [9.17, 15) is 18.0 Å². The van der Waals surface area contributed by atoms with Gasteiger partial charge in [0.05, 0.1) is 37.3 Å². The average Bonchev–Trinajstić information content (AvgIpc) is 3.26. The molecule has 0 spiro atoms. The van der Waals surface area contributed by atoms with Crippen LogP contribution in [0.1, 0.15) is 42.7 Å². The molecule has 1 saturated carbocycles. The smallest absolute Gasteiger partial charge is 0.416 e. The Morgan fingerprint density at radius 1 is 1.18 bits per heavy atom. The number of pyridine rings is 1. The SMILES string of the molecule is C=CCn1nc(NCC(=O)NC2CN(C3CCC(c4ccc(OC)nc4)CC3)C2)c2cc(C(F)(F)F)ccc21. The molecule has 1 amide bonds. The number of fused-ring (bicyclic) bond motifs is 1. The lowest BCUT2D eigenvalue weighted by Gasteiger charge is -2.46. The molecule has 1 aliphatic carbocycles. The number of likely N-dealkylation sites (tertiary alicyclic amines) is 1. The normalized spacial score (nSPS) is 20.4. The lowest BCUT2D eigenvalue weighted by molar-refractivity contribution is -0.137. The third-order valence-corrected chi connectivity index (χ3v) is 7.72. The van der Waals surface area contributed by atoms with Crippen LogP contribution in [0.4, 0.5) is 19.0 Å². The molecule has 8 nitrogen and oxygen atoms in total. The molecular weight excluding hydrogens is 509 g/mol. The molecule has 0 unspecified atom stereocenters. The maximum absolute atomic E-state index is 13.3. The Kier molecular flexibility index (Phi) is 7.79. The molecule has 2 fully saturated rings. The number of carbonyl (C=O) groups is 1. The van der Waals surface area contributed by atoms with Crippen LogP contribution < -0.4 is 15.4 Å². The van der Waals surface area contributed by atoms with Gasteiger partial charge < -0.3 is 15.4 Å². The number of benzene rings is 1. The van der Waals surface area contributed by atoms with Gasteiger partial charge in [0.25, 0.3) is 0 Å². The van der Waals surface area contributed by atoms with Gasteiger partial charge in [-0.25, -0.2) is 4.98 Å². The molecule has 3 aromatic rings.